The van der Waals surface area contributed by atoms with Gasteiger partial charge in [0.25, 0.3) is 5.56 Å². The number of aromatic nitrogens is 4. The van der Waals surface area contributed by atoms with Crippen LogP contribution in [-0.4, -0.2) is 25.9 Å². The molecule has 3 heterocycles. The highest BCUT2D eigenvalue weighted by atomic mass is 19.4. The maximum absolute atomic E-state index is 14.0. The second-order valence-corrected chi connectivity index (χ2v) is 5.74. The van der Waals surface area contributed by atoms with E-state index >= 15 is 0 Å². The summed E-state index contributed by atoms with van der Waals surface area (Å²) in [6.45, 7) is -1.46. The van der Waals surface area contributed by atoms with E-state index in [0.29, 0.717) is 21.0 Å². The Hall–Kier alpha value is -3.23. The number of nitrogens with one attached hydrogen (secondary N) is 1. The van der Waals surface area contributed by atoms with Gasteiger partial charge in [-0.05, 0) is 23.8 Å². The number of hydrogen-bond acceptors (Lipinski definition) is 3. The highest BCUT2D eigenvalue weighted by Gasteiger charge is 2.30. The zero-order valence-electron chi connectivity index (χ0n) is 13.0. The average Bonchev–Trinajstić information content (AvgIpc) is 3.08. The highest BCUT2D eigenvalue weighted by Crippen LogP contribution is 2.29. The number of benzene rings is 1. The Morgan fingerprint density at radius 1 is 1.15 bits per heavy atom. The van der Waals surface area contributed by atoms with Gasteiger partial charge in [-0.25, -0.2) is 4.98 Å². The van der Waals surface area contributed by atoms with Crippen LogP contribution in [0.3, 0.4) is 0 Å². The molecule has 0 saturated heterocycles. The summed E-state index contributed by atoms with van der Waals surface area (Å²) >= 11 is 0. The quantitative estimate of drug-likeness (QED) is 0.437. The summed E-state index contributed by atoms with van der Waals surface area (Å²) in [4.78, 5) is 16.1. The van der Waals surface area contributed by atoms with Crippen LogP contribution in [0.25, 0.3) is 32.9 Å². The number of fused-ring (bicyclic) bond motifs is 3. The normalized spacial score (nSPS) is 12.2. The molecule has 1 N–H and O–H groups in total. The van der Waals surface area contributed by atoms with Crippen molar-refractivity contribution in [3.63, 3.8) is 0 Å². The smallest absolute Gasteiger partial charge is 0.298 e. The number of hydrogen-bond donors (Lipinski definition) is 1. The summed E-state index contributed by atoms with van der Waals surface area (Å²) in [7, 11) is 0. The fourth-order valence-electron chi connectivity index (χ4n) is 2.98. The molecule has 1 aromatic carbocycles. The van der Waals surface area contributed by atoms with E-state index in [2.05, 4.69) is 15.2 Å². The van der Waals surface area contributed by atoms with E-state index in [1.165, 1.54) is 36.7 Å². The second kappa shape index (κ2) is 5.65. The topological polar surface area (TPSA) is 63.6 Å². The van der Waals surface area contributed by atoms with Gasteiger partial charge in [-0.2, -0.15) is 22.7 Å². The second-order valence-electron chi connectivity index (χ2n) is 5.74. The SMILES string of the molecule is O=c1c2cn[nH]c2c2ccc(-c3cccnc3F)cc2n1CC(F)(F)F. The molecular weight excluding hydrogens is 352 g/mol. The molecule has 3 aromatic heterocycles. The summed E-state index contributed by atoms with van der Waals surface area (Å²) < 4.78 is 53.6. The number of halogens is 4. The van der Waals surface area contributed by atoms with Gasteiger partial charge >= 0.3 is 6.18 Å². The van der Waals surface area contributed by atoms with Crippen molar-refractivity contribution < 1.29 is 17.6 Å². The van der Waals surface area contributed by atoms with Gasteiger partial charge in [0, 0.05) is 17.1 Å². The summed E-state index contributed by atoms with van der Waals surface area (Å²) in [6.07, 6.45) is -2.13. The van der Waals surface area contributed by atoms with E-state index in [1.54, 1.807) is 6.07 Å². The minimum atomic E-state index is -4.59. The Balaban J connectivity index is 2.08. The Morgan fingerprint density at radius 2 is 1.96 bits per heavy atom. The Bertz CT molecular complexity index is 1190. The Morgan fingerprint density at radius 3 is 2.69 bits per heavy atom. The standard InChI is InChI=1S/C17H10F4N4O/c18-15-10(2-1-5-22-15)9-3-4-11-13(6-9)25(8-17(19,20)21)16(26)12-7-23-24-14(11)12/h1-7H,8H2,(H,23,24). The van der Waals surface area contributed by atoms with Gasteiger partial charge in [-0.3, -0.25) is 14.5 Å². The van der Waals surface area contributed by atoms with Crippen LogP contribution in [-0.2, 0) is 6.54 Å². The molecule has 5 nitrogen and oxygen atoms in total. The van der Waals surface area contributed by atoms with Crippen LogP contribution in [0, 0.1) is 5.95 Å². The molecule has 0 fully saturated rings. The number of aromatic amines is 1. The van der Waals surface area contributed by atoms with Crippen LogP contribution in [0.5, 0.6) is 0 Å². The zero-order valence-corrected chi connectivity index (χ0v) is 13.0. The number of nitrogens with zero attached hydrogens (tertiary/aromatic N) is 3. The van der Waals surface area contributed by atoms with Gasteiger partial charge in [0.15, 0.2) is 0 Å². The van der Waals surface area contributed by atoms with Gasteiger partial charge in [0.05, 0.1) is 22.6 Å². The van der Waals surface area contributed by atoms with Crippen molar-refractivity contribution in [3.8, 4) is 11.1 Å². The fraction of sp³-hybridized carbons (Fsp3) is 0.118. The molecule has 0 bridgehead atoms. The first-order valence-corrected chi connectivity index (χ1v) is 7.52. The molecule has 0 atom stereocenters. The fourth-order valence-corrected chi connectivity index (χ4v) is 2.98. The first kappa shape index (κ1) is 16.2. The number of H-pyrrole nitrogens is 1. The van der Waals surface area contributed by atoms with Gasteiger partial charge in [0.1, 0.15) is 6.54 Å². The predicted octanol–water partition coefficient (Wildman–Crippen LogP) is 3.64. The summed E-state index contributed by atoms with van der Waals surface area (Å²) in [5.41, 5.74) is -0.00347. The molecule has 0 radical (unpaired) electrons. The molecule has 0 unspecified atom stereocenters. The third-order valence-corrected chi connectivity index (χ3v) is 4.08. The van der Waals surface area contributed by atoms with E-state index in [9.17, 15) is 22.4 Å². The maximum Gasteiger partial charge on any atom is 0.406 e. The first-order valence-electron chi connectivity index (χ1n) is 7.52. The summed E-state index contributed by atoms with van der Waals surface area (Å²) in [5, 5.41) is 6.83. The van der Waals surface area contributed by atoms with Crippen molar-refractivity contribution in [2.45, 2.75) is 12.7 Å². The van der Waals surface area contributed by atoms with Crippen LogP contribution >= 0.6 is 0 Å². The Kier molecular flexibility index (Phi) is 3.53. The average molecular weight is 362 g/mol. The van der Waals surface area contributed by atoms with Crippen molar-refractivity contribution in [2.75, 3.05) is 0 Å². The molecule has 4 rings (SSSR count). The van der Waals surface area contributed by atoms with Crippen LogP contribution in [0.1, 0.15) is 0 Å². The van der Waals surface area contributed by atoms with E-state index in [0.717, 1.165) is 0 Å². The molecule has 0 amide bonds. The van der Waals surface area contributed by atoms with Gasteiger partial charge in [-0.15, -0.1) is 0 Å². The van der Waals surface area contributed by atoms with Gasteiger partial charge < -0.3 is 0 Å². The zero-order chi connectivity index (χ0) is 18.5. The molecular formula is C17H10F4N4O. The van der Waals surface area contributed by atoms with Crippen molar-refractivity contribution in [3.05, 3.63) is 59.0 Å². The van der Waals surface area contributed by atoms with Gasteiger partial charge in [-0.1, -0.05) is 12.1 Å². The lowest BCUT2D eigenvalue weighted by Crippen LogP contribution is -2.28. The maximum atomic E-state index is 14.0. The van der Waals surface area contributed by atoms with Crippen LogP contribution in [0.2, 0.25) is 0 Å². The molecule has 132 valence electrons. The first-order chi connectivity index (χ1) is 12.3. The van der Waals surface area contributed by atoms with Crippen molar-refractivity contribution in [1.82, 2.24) is 19.7 Å². The summed E-state index contributed by atoms with van der Waals surface area (Å²) in [6, 6.07) is 7.42. The monoisotopic (exact) mass is 362 g/mol. The molecule has 26 heavy (non-hydrogen) atoms. The molecule has 4 aromatic rings. The summed E-state index contributed by atoms with van der Waals surface area (Å²) in [5.74, 6) is -0.751. The van der Waals surface area contributed by atoms with Crippen molar-refractivity contribution >= 4 is 21.8 Å². The van der Waals surface area contributed by atoms with Crippen molar-refractivity contribution in [2.24, 2.45) is 0 Å². The van der Waals surface area contributed by atoms with Crippen LogP contribution < -0.4 is 5.56 Å². The van der Waals surface area contributed by atoms with Crippen LogP contribution in [0.15, 0.2) is 47.5 Å². The predicted molar refractivity (Wildman–Crippen MR) is 87.1 cm³/mol. The van der Waals surface area contributed by atoms with Gasteiger partial charge in [0.2, 0.25) is 5.95 Å². The lowest BCUT2D eigenvalue weighted by Gasteiger charge is -2.14. The molecule has 9 heteroatoms. The van der Waals surface area contributed by atoms with Crippen LogP contribution in [0.4, 0.5) is 17.6 Å². The number of alkyl halides is 3. The Labute approximate surface area is 142 Å². The molecule has 0 aliphatic rings. The minimum Gasteiger partial charge on any atom is -0.298 e. The molecule has 0 aliphatic carbocycles. The van der Waals surface area contributed by atoms with E-state index in [4.69, 9.17) is 0 Å². The lowest BCUT2D eigenvalue weighted by molar-refractivity contribution is -0.140. The third-order valence-electron chi connectivity index (χ3n) is 4.08. The van der Waals surface area contributed by atoms with E-state index in [-0.39, 0.29) is 16.5 Å². The number of pyridine rings is 2. The van der Waals surface area contributed by atoms with E-state index < -0.39 is 24.2 Å². The number of rotatable bonds is 2. The third kappa shape index (κ3) is 2.61. The van der Waals surface area contributed by atoms with Crippen molar-refractivity contribution in [1.29, 1.82) is 0 Å². The molecule has 0 spiro atoms. The van der Waals surface area contributed by atoms with E-state index in [1.807, 2.05) is 0 Å². The molecule has 0 saturated carbocycles. The largest absolute Gasteiger partial charge is 0.406 e. The molecule has 0 aliphatic heterocycles. The highest BCUT2D eigenvalue weighted by molar-refractivity contribution is 6.04. The minimum absolute atomic E-state index is 0.0322. The lowest BCUT2D eigenvalue weighted by atomic mass is 10.0.